The number of esters is 1. The van der Waals surface area contributed by atoms with Crippen LogP contribution < -0.4 is 0 Å². The zero-order valence-corrected chi connectivity index (χ0v) is 35.1. The van der Waals surface area contributed by atoms with Gasteiger partial charge in [-0.05, 0) is 111 Å². The Kier molecular flexibility index (Phi) is 11.6. The number of rotatable bonds is 8. The van der Waals surface area contributed by atoms with E-state index in [9.17, 15) is 50.4 Å². The molecule has 15 heteroatoms. The number of ether oxygens (including phenoxy) is 5. The SMILES string of the molecule is COC(=O)[C@@]1(C)CC[C@]2(C(=O)O)CC[C@]3(C)C(=CC[C@H]4[C@@]5(C)CC[C@H](O[C@@H]6O[C@H](CO)[C@@H](O)[C@H](O)[C@H]6O[C@@H]6O[C@H](CO)[C@@H](O)[C@H](O)[C@H]6O)C(C)(C)[C@H]5CC[C@]43C)[C@H]2C1. The van der Waals surface area contributed by atoms with E-state index < -0.39 is 103 Å². The average molecular weight is 825 g/mol. The van der Waals surface area contributed by atoms with Gasteiger partial charge in [-0.25, -0.2) is 0 Å². The second-order valence-corrected chi connectivity index (χ2v) is 20.6. The molecule has 58 heavy (non-hydrogen) atoms. The van der Waals surface area contributed by atoms with Crippen LogP contribution in [0.2, 0.25) is 0 Å². The molecule has 5 aliphatic carbocycles. The molecule has 0 bridgehead atoms. The molecule has 0 amide bonds. The fourth-order valence-corrected chi connectivity index (χ4v) is 13.9. The molecule has 19 atom stereocenters. The Morgan fingerprint density at radius 1 is 0.741 bits per heavy atom. The summed E-state index contributed by atoms with van der Waals surface area (Å²) in [4.78, 5) is 26.3. The quantitative estimate of drug-likeness (QED) is 0.0993. The molecule has 8 N–H and O–H groups in total. The molecule has 4 saturated carbocycles. The second-order valence-electron chi connectivity index (χ2n) is 20.6. The van der Waals surface area contributed by atoms with Gasteiger partial charge in [-0.15, -0.1) is 0 Å². The van der Waals surface area contributed by atoms with Gasteiger partial charge in [-0.1, -0.05) is 46.3 Å². The number of carbonyl (C=O) groups excluding carboxylic acids is 1. The van der Waals surface area contributed by atoms with E-state index in [1.807, 2.05) is 6.92 Å². The maximum atomic E-state index is 13.2. The van der Waals surface area contributed by atoms with Crippen LogP contribution in [-0.2, 0) is 33.3 Å². The van der Waals surface area contributed by atoms with Gasteiger partial charge in [0.05, 0.1) is 37.3 Å². The van der Waals surface area contributed by atoms with Gasteiger partial charge in [0.25, 0.3) is 0 Å². The van der Waals surface area contributed by atoms with Crippen LogP contribution >= 0.6 is 0 Å². The Bertz CT molecular complexity index is 1600. The number of aliphatic hydroxyl groups is 7. The summed E-state index contributed by atoms with van der Waals surface area (Å²) in [6.07, 6.45) is -6.69. The van der Waals surface area contributed by atoms with Crippen molar-refractivity contribution in [2.75, 3.05) is 20.3 Å². The van der Waals surface area contributed by atoms with Crippen molar-refractivity contribution >= 4 is 11.9 Å². The minimum absolute atomic E-state index is 0.140. The van der Waals surface area contributed by atoms with Gasteiger partial charge in [-0.3, -0.25) is 9.59 Å². The first-order valence-electron chi connectivity index (χ1n) is 21.4. The van der Waals surface area contributed by atoms with Crippen LogP contribution in [0.4, 0.5) is 0 Å². The molecule has 0 radical (unpaired) electrons. The molecule has 2 saturated heterocycles. The summed E-state index contributed by atoms with van der Waals surface area (Å²) in [7, 11) is 1.40. The summed E-state index contributed by atoms with van der Waals surface area (Å²) in [6.45, 7) is 12.1. The molecule has 330 valence electrons. The van der Waals surface area contributed by atoms with Gasteiger partial charge in [-0.2, -0.15) is 0 Å². The summed E-state index contributed by atoms with van der Waals surface area (Å²) < 4.78 is 29.6. The van der Waals surface area contributed by atoms with Gasteiger partial charge < -0.3 is 64.5 Å². The second kappa shape index (κ2) is 15.2. The minimum Gasteiger partial charge on any atom is -0.481 e. The van der Waals surface area contributed by atoms with E-state index in [1.54, 1.807) is 0 Å². The van der Waals surface area contributed by atoms with E-state index in [0.29, 0.717) is 32.1 Å². The van der Waals surface area contributed by atoms with Crippen molar-refractivity contribution in [3.63, 3.8) is 0 Å². The molecule has 0 aromatic carbocycles. The zero-order chi connectivity index (χ0) is 42.5. The van der Waals surface area contributed by atoms with E-state index in [0.717, 1.165) is 32.1 Å². The zero-order valence-electron chi connectivity index (χ0n) is 35.1. The molecular formula is C43H68O15. The first-order valence-corrected chi connectivity index (χ1v) is 21.4. The Balaban J connectivity index is 1.15. The molecule has 7 rings (SSSR count). The van der Waals surface area contributed by atoms with Crippen LogP contribution in [0.3, 0.4) is 0 Å². The number of methoxy groups -OCH3 is 1. The lowest BCUT2D eigenvalue weighted by molar-refractivity contribution is -0.378. The van der Waals surface area contributed by atoms with Gasteiger partial charge in [0.15, 0.2) is 12.6 Å². The largest absolute Gasteiger partial charge is 0.481 e. The van der Waals surface area contributed by atoms with Crippen LogP contribution in [0.25, 0.3) is 0 Å². The highest BCUT2D eigenvalue weighted by Crippen LogP contribution is 2.76. The standard InChI is InChI=1S/C43H68O15/c1-38(2)25-10-13-42(6)26(9-8-21-22-18-39(3,37(53)54-7)14-16-43(22,36(51)52)17-15-41(21,42)5)40(25,4)12-11-27(38)57-35-33(31(49)29(47)24(20-45)56-35)58-34-32(50)30(48)28(46)23(19-44)55-34/h8,22-35,44-50H,9-20H2,1-7H3,(H,51,52)/t22-,23-,24-,25-,26+,27+,28-,29-,30+,31+,32-,33-,34+,35+,39+,40+,41-,42-,43+/m1/s1. The van der Waals surface area contributed by atoms with Crippen LogP contribution in [0, 0.1) is 50.2 Å². The van der Waals surface area contributed by atoms with E-state index in [4.69, 9.17) is 23.7 Å². The third-order valence-corrected chi connectivity index (χ3v) is 17.7. The van der Waals surface area contributed by atoms with Crippen molar-refractivity contribution < 1.29 is 74.1 Å². The number of carboxylic acids is 1. The third-order valence-electron chi connectivity index (χ3n) is 17.7. The normalized spacial score (nSPS) is 52.6. The number of carboxylic acid groups (broad SMARTS) is 1. The molecule has 0 aromatic heterocycles. The summed E-state index contributed by atoms with van der Waals surface area (Å²) >= 11 is 0. The van der Waals surface area contributed by atoms with Gasteiger partial charge >= 0.3 is 11.9 Å². The number of fused-ring (bicyclic) bond motifs is 7. The number of hydrogen-bond acceptors (Lipinski definition) is 14. The molecule has 0 aromatic rings. The average Bonchev–Trinajstić information content (AvgIpc) is 3.18. The minimum atomic E-state index is -1.77. The maximum absolute atomic E-state index is 13.2. The highest BCUT2D eigenvalue weighted by Gasteiger charge is 2.70. The summed E-state index contributed by atoms with van der Waals surface area (Å²) in [6, 6.07) is 0. The lowest BCUT2D eigenvalue weighted by Crippen LogP contribution is -2.67. The Hall–Kier alpha value is -1.76. The molecule has 2 heterocycles. The number of allylic oxidation sites excluding steroid dienone is 2. The molecule has 7 aliphatic rings. The van der Waals surface area contributed by atoms with Gasteiger partial charge in [0, 0.05) is 0 Å². The van der Waals surface area contributed by atoms with Crippen LogP contribution in [-0.4, -0.2) is 141 Å². The molecular weight excluding hydrogens is 756 g/mol. The van der Waals surface area contributed by atoms with Crippen molar-refractivity contribution in [2.24, 2.45) is 50.2 Å². The summed E-state index contributed by atoms with van der Waals surface area (Å²) in [5, 5.41) is 84.3. The van der Waals surface area contributed by atoms with Crippen molar-refractivity contribution in [3.05, 3.63) is 11.6 Å². The Labute approximate surface area is 341 Å². The Morgan fingerprint density at radius 3 is 1.98 bits per heavy atom. The number of aliphatic carboxylic acids is 1. The predicted molar refractivity (Wildman–Crippen MR) is 204 cm³/mol. The van der Waals surface area contributed by atoms with Crippen LogP contribution in [0.1, 0.15) is 106 Å². The Morgan fingerprint density at radius 2 is 1.36 bits per heavy atom. The lowest BCUT2D eigenvalue weighted by atomic mass is 9.33. The van der Waals surface area contributed by atoms with Crippen molar-refractivity contribution in [1.82, 2.24) is 0 Å². The first kappa shape index (κ1) is 44.3. The molecule has 6 fully saturated rings. The topological polar surface area (TPSA) is 242 Å². The van der Waals surface area contributed by atoms with E-state index in [2.05, 4.69) is 40.7 Å². The monoisotopic (exact) mass is 824 g/mol. The number of hydrogen-bond donors (Lipinski definition) is 8. The van der Waals surface area contributed by atoms with Crippen molar-refractivity contribution in [3.8, 4) is 0 Å². The van der Waals surface area contributed by atoms with Crippen LogP contribution in [0.5, 0.6) is 0 Å². The summed E-state index contributed by atoms with van der Waals surface area (Å²) in [5.41, 5.74) is -1.49. The molecule has 0 spiro atoms. The van der Waals surface area contributed by atoms with Crippen LogP contribution in [0.15, 0.2) is 11.6 Å². The summed E-state index contributed by atoms with van der Waals surface area (Å²) in [5.74, 6) is -0.880. The molecule has 0 unspecified atom stereocenters. The predicted octanol–water partition coefficient (Wildman–Crippen LogP) is 2.04. The molecule has 15 nitrogen and oxygen atoms in total. The van der Waals surface area contributed by atoms with Gasteiger partial charge in [0.2, 0.25) is 0 Å². The number of aliphatic hydroxyl groups excluding tert-OH is 7. The van der Waals surface area contributed by atoms with E-state index >= 15 is 0 Å². The van der Waals surface area contributed by atoms with Crippen molar-refractivity contribution in [2.45, 2.75) is 173 Å². The first-order chi connectivity index (χ1) is 27.1. The highest BCUT2D eigenvalue weighted by atomic mass is 16.8. The van der Waals surface area contributed by atoms with E-state index in [-0.39, 0.29) is 40.0 Å². The van der Waals surface area contributed by atoms with Gasteiger partial charge in [0.1, 0.15) is 48.8 Å². The fraction of sp³-hybridized carbons (Fsp3) is 0.907. The number of carbonyl (C=O) groups is 2. The maximum Gasteiger partial charge on any atom is 0.311 e. The highest BCUT2D eigenvalue weighted by molar-refractivity contribution is 5.80. The van der Waals surface area contributed by atoms with Crippen molar-refractivity contribution in [1.29, 1.82) is 0 Å². The third kappa shape index (κ3) is 6.38. The van der Waals surface area contributed by atoms with E-state index in [1.165, 1.54) is 12.7 Å². The lowest BCUT2D eigenvalue weighted by Gasteiger charge is -2.71. The fourth-order valence-electron chi connectivity index (χ4n) is 13.9. The molecule has 2 aliphatic heterocycles. The smallest absolute Gasteiger partial charge is 0.311 e.